The molecule has 0 radical (unpaired) electrons. The molecule has 204 valence electrons. The topological polar surface area (TPSA) is 125 Å². The van der Waals surface area contributed by atoms with Crippen LogP contribution in [0.5, 0.6) is 0 Å². The number of carbonyl (C=O) groups is 3. The number of hydrogen-bond donors (Lipinski definition) is 4. The van der Waals surface area contributed by atoms with E-state index in [0.717, 1.165) is 36.8 Å². The van der Waals surface area contributed by atoms with Gasteiger partial charge in [-0.05, 0) is 47.6 Å². The quantitative estimate of drug-likeness (QED) is 0.313. The molecule has 3 atom stereocenters. The zero-order chi connectivity index (χ0) is 27.6. The van der Waals surface area contributed by atoms with Crippen LogP contribution in [0.1, 0.15) is 54.3 Å². The molecule has 0 heterocycles. The van der Waals surface area contributed by atoms with Crippen LogP contribution in [0.3, 0.4) is 0 Å². The molecule has 0 spiro atoms. The Bertz CT molecular complexity index is 1230. The summed E-state index contributed by atoms with van der Waals surface area (Å²) in [5.41, 5.74) is 8.96. The van der Waals surface area contributed by atoms with Crippen molar-refractivity contribution in [2.45, 2.75) is 44.2 Å². The van der Waals surface area contributed by atoms with Gasteiger partial charge in [0.15, 0.2) is 0 Å². The van der Waals surface area contributed by atoms with Crippen molar-refractivity contribution in [2.24, 2.45) is 11.7 Å². The van der Waals surface area contributed by atoms with Crippen molar-refractivity contribution in [3.8, 4) is 0 Å². The molecule has 0 bridgehead atoms. The first kappa shape index (κ1) is 27.9. The smallest absolute Gasteiger partial charge is 0.322 e. The Kier molecular flexibility index (Phi) is 9.69. The average molecular weight is 529 g/mol. The second-order valence-electron chi connectivity index (χ2n) is 9.94. The number of urea groups is 1. The van der Waals surface area contributed by atoms with E-state index >= 15 is 0 Å². The third-order valence-electron chi connectivity index (χ3n) is 7.27. The molecular weight excluding hydrogens is 492 g/mol. The van der Waals surface area contributed by atoms with Crippen LogP contribution in [0.15, 0.2) is 84.9 Å². The number of hydrogen-bond acceptors (Lipinski definition) is 4. The lowest BCUT2D eigenvalue weighted by Gasteiger charge is -2.32. The number of primary amides is 1. The fraction of sp³-hybridized carbons (Fsp3) is 0.323. The van der Waals surface area contributed by atoms with Gasteiger partial charge < -0.3 is 26.4 Å². The molecule has 0 aliphatic heterocycles. The summed E-state index contributed by atoms with van der Waals surface area (Å²) in [5.74, 6) is -0.997. The molecule has 4 rings (SSSR count). The van der Waals surface area contributed by atoms with Gasteiger partial charge in [-0.15, -0.1) is 0 Å². The maximum absolute atomic E-state index is 13.4. The minimum absolute atomic E-state index is 0.0204. The summed E-state index contributed by atoms with van der Waals surface area (Å²) in [6.07, 6.45) is 3.59. The van der Waals surface area contributed by atoms with Crippen molar-refractivity contribution in [3.63, 3.8) is 0 Å². The van der Waals surface area contributed by atoms with Gasteiger partial charge in [0.2, 0.25) is 11.8 Å². The number of nitrogens with one attached hydrogen (secondary N) is 2. The first-order valence-corrected chi connectivity index (χ1v) is 13.4. The number of rotatable bonds is 10. The summed E-state index contributed by atoms with van der Waals surface area (Å²) in [4.78, 5) is 39.9. The van der Waals surface area contributed by atoms with Crippen molar-refractivity contribution in [1.82, 2.24) is 10.2 Å². The number of carbonyl (C=O) groups excluding carboxylic acids is 3. The van der Waals surface area contributed by atoms with E-state index in [-0.39, 0.29) is 36.9 Å². The first-order chi connectivity index (χ1) is 19.0. The summed E-state index contributed by atoms with van der Waals surface area (Å²) in [7, 11) is 0. The average Bonchev–Trinajstić information content (AvgIpc) is 2.97. The molecule has 0 unspecified atom stereocenters. The van der Waals surface area contributed by atoms with Gasteiger partial charge in [0, 0.05) is 24.7 Å². The normalized spacial score (nSPS) is 17.6. The summed E-state index contributed by atoms with van der Waals surface area (Å²) >= 11 is 0. The summed E-state index contributed by atoms with van der Waals surface area (Å²) < 4.78 is 0. The minimum Gasteiger partial charge on any atom is -0.395 e. The van der Waals surface area contributed by atoms with E-state index in [1.165, 1.54) is 0 Å². The van der Waals surface area contributed by atoms with E-state index in [0.29, 0.717) is 17.8 Å². The molecule has 1 fully saturated rings. The summed E-state index contributed by atoms with van der Waals surface area (Å²) in [6.45, 7) is 0.396. The van der Waals surface area contributed by atoms with E-state index in [1.807, 2.05) is 72.8 Å². The van der Waals surface area contributed by atoms with Crippen LogP contribution in [0, 0.1) is 5.92 Å². The Balaban J connectivity index is 1.44. The fourth-order valence-electron chi connectivity index (χ4n) is 5.24. The van der Waals surface area contributed by atoms with Crippen LogP contribution in [-0.2, 0) is 16.1 Å². The van der Waals surface area contributed by atoms with E-state index in [4.69, 9.17) is 5.73 Å². The van der Waals surface area contributed by atoms with Crippen LogP contribution >= 0.6 is 0 Å². The van der Waals surface area contributed by atoms with Gasteiger partial charge in [0.25, 0.3) is 0 Å². The van der Waals surface area contributed by atoms with Gasteiger partial charge in [-0.2, -0.15) is 0 Å². The van der Waals surface area contributed by atoms with E-state index < -0.39 is 11.9 Å². The molecule has 1 aliphatic carbocycles. The lowest BCUT2D eigenvalue weighted by Crippen LogP contribution is -2.42. The highest BCUT2D eigenvalue weighted by molar-refractivity contribution is 5.89. The monoisotopic (exact) mass is 528 g/mol. The maximum Gasteiger partial charge on any atom is 0.322 e. The molecule has 8 nitrogen and oxygen atoms in total. The highest BCUT2D eigenvalue weighted by Gasteiger charge is 2.34. The molecule has 0 aromatic heterocycles. The molecular formula is C31H36N4O4. The van der Waals surface area contributed by atoms with Crippen molar-refractivity contribution in [2.75, 3.05) is 18.5 Å². The second-order valence-corrected chi connectivity index (χ2v) is 9.94. The number of para-hydroxylation sites is 1. The van der Waals surface area contributed by atoms with Gasteiger partial charge in [-0.1, -0.05) is 85.6 Å². The van der Waals surface area contributed by atoms with E-state index in [2.05, 4.69) is 10.6 Å². The molecule has 39 heavy (non-hydrogen) atoms. The Morgan fingerprint density at radius 3 is 2.18 bits per heavy atom. The van der Waals surface area contributed by atoms with Gasteiger partial charge in [0.05, 0.1) is 6.61 Å². The SMILES string of the molecule is NC(=O)[C@@H](NC(=O)[C@@H]1CCCC[C@H]1c1ccc(CN(CCO)C(=O)Nc2ccccc2)cc1)c1ccccc1. The zero-order valence-electron chi connectivity index (χ0n) is 22.0. The highest BCUT2D eigenvalue weighted by Crippen LogP contribution is 2.38. The molecule has 3 aromatic carbocycles. The summed E-state index contributed by atoms with van der Waals surface area (Å²) in [5, 5.41) is 15.3. The largest absolute Gasteiger partial charge is 0.395 e. The van der Waals surface area contributed by atoms with Gasteiger partial charge >= 0.3 is 6.03 Å². The van der Waals surface area contributed by atoms with Gasteiger partial charge in [-0.3, -0.25) is 9.59 Å². The standard InChI is InChI=1S/C31H36N4O4/c32-29(37)28(24-9-3-1-4-10-24)34-30(38)27-14-8-7-13-26(27)23-17-15-22(16-18-23)21-35(19-20-36)31(39)33-25-11-5-2-6-12-25/h1-6,9-12,15-18,26-28,36H,7-8,13-14,19-21H2,(H2,32,37)(H,33,39)(H,34,38)/t26-,27+,28-/m0/s1. The predicted molar refractivity (Wildman–Crippen MR) is 151 cm³/mol. The number of anilines is 1. The molecule has 5 N–H and O–H groups in total. The van der Waals surface area contributed by atoms with Gasteiger partial charge in [0.1, 0.15) is 6.04 Å². The third kappa shape index (κ3) is 7.45. The molecule has 1 aliphatic rings. The number of benzene rings is 3. The molecule has 1 saturated carbocycles. The van der Waals surface area contributed by atoms with Crippen LogP contribution in [0.25, 0.3) is 0 Å². The minimum atomic E-state index is -0.872. The lowest BCUT2D eigenvalue weighted by atomic mass is 9.74. The number of nitrogens with two attached hydrogens (primary N) is 1. The van der Waals surface area contributed by atoms with Crippen molar-refractivity contribution in [3.05, 3.63) is 102 Å². The number of nitrogens with zero attached hydrogens (tertiary/aromatic N) is 1. The Morgan fingerprint density at radius 1 is 0.897 bits per heavy atom. The predicted octanol–water partition coefficient (Wildman–Crippen LogP) is 4.33. The Morgan fingerprint density at radius 2 is 1.54 bits per heavy atom. The van der Waals surface area contributed by atoms with Crippen LogP contribution in [0.4, 0.5) is 10.5 Å². The van der Waals surface area contributed by atoms with E-state index in [1.54, 1.807) is 17.0 Å². The first-order valence-electron chi connectivity index (χ1n) is 13.4. The van der Waals surface area contributed by atoms with Crippen LogP contribution in [0.2, 0.25) is 0 Å². The molecule has 3 aromatic rings. The molecule has 0 saturated heterocycles. The Labute approximate surface area is 229 Å². The highest BCUT2D eigenvalue weighted by atomic mass is 16.3. The van der Waals surface area contributed by atoms with Crippen molar-refractivity contribution in [1.29, 1.82) is 0 Å². The zero-order valence-corrected chi connectivity index (χ0v) is 22.0. The van der Waals surface area contributed by atoms with E-state index in [9.17, 15) is 19.5 Å². The Hall–Kier alpha value is -4.17. The number of amides is 4. The van der Waals surface area contributed by atoms with Crippen LogP contribution in [-0.4, -0.2) is 41.0 Å². The third-order valence-corrected chi connectivity index (χ3v) is 7.27. The van der Waals surface area contributed by atoms with Crippen molar-refractivity contribution >= 4 is 23.5 Å². The fourth-order valence-corrected chi connectivity index (χ4v) is 5.24. The van der Waals surface area contributed by atoms with Crippen LogP contribution < -0.4 is 16.4 Å². The second kappa shape index (κ2) is 13.6. The molecule has 8 heteroatoms. The van der Waals surface area contributed by atoms with Crippen molar-refractivity contribution < 1.29 is 19.5 Å². The van der Waals surface area contributed by atoms with Gasteiger partial charge in [-0.25, -0.2) is 4.79 Å². The number of aliphatic hydroxyl groups excluding tert-OH is 1. The number of aliphatic hydroxyl groups is 1. The summed E-state index contributed by atoms with van der Waals surface area (Å²) in [6, 6.07) is 25.0. The lowest BCUT2D eigenvalue weighted by molar-refractivity contribution is -0.131. The molecule has 4 amide bonds. The maximum atomic E-state index is 13.4.